The minimum absolute atomic E-state index is 0.160. The molecule has 19 heavy (non-hydrogen) atoms. The molecule has 1 amide bonds. The zero-order valence-corrected chi connectivity index (χ0v) is 11.5. The highest BCUT2D eigenvalue weighted by Crippen LogP contribution is 2.06. The van der Waals surface area contributed by atoms with Crippen molar-refractivity contribution in [3.05, 3.63) is 17.6 Å². The first-order chi connectivity index (χ1) is 9.16. The van der Waals surface area contributed by atoms with Gasteiger partial charge in [0.15, 0.2) is 0 Å². The third-order valence-corrected chi connectivity index (χ3v) is 3.20. The van der Waals surface area contributed by atoms with Crippen LogP contribution in [0.1, 0.15) is 17.8 Å². The van der Waals surface area contributed by atoms with Crippen molar-refractivity contribution in [3.8, 4) is 0 Å². The number of hydrogen-bond acceptors (Lipinski definition) is 5. The average molecular weight is 264 g/mol. The maximum atomic E-state index is 11.9. The number of aromatic nitrogens is 2. The first-order valence-corrected chi connectivity index (χ1v) is 6.56. The minimum atomic E-state index is 0.160. The molecule has 1 aliphatic heterocycles. The Hall–Kier alpha value is -1.69. The third-order valence-electron chi connectivity index (χ3n) is 3.20. The molecule has 1 N–H and O–H groups in total. The molecule has 1 aromatic heterocycles. The molecule has 2 rings (SSSR count). The number of anilines is 1. The second-order valence-corrected chi connectivity index (χ2v) is 4.60. The Morgan fingerprint density at radius 1 is 1.37 bits per heavy atom. The van der Waals surface area contributed by atoms with Crippen LogP contribution in [-0.4, -0.2) is 53.6 Å². The minimum Gasteiger partial charge on any atom is -0.378 e. The van der Waals surface area contributed by atoms with E-state index in [0.29, 0.717) is 39.3 Å². The van der Waals surface area contributed by atoms with Gasteiger partial charge in [0.2, 0.25) is 5.91 Å². The normalized spacial score (nSPS) is 15.4. The molecule has 0 unspecified atom stereocenters. The molecule has 1 aromatic rings. The molecule has 0 aromatic carbocycles. The van der Waals surface area contributed by atoms with Crippen LogP contribution in [-0.2, 0) is 9.53 Å². The van der Waals surface area contributed by atoms with E-state index in [-0.39, 0.29) is 5.91 Å². The molecule has 0 aliphatic carbocycles. The van der Waals surface area contributed by atoms with E-state index >= 15 is 0 Å². The molecule has 0 spiro atoms. The molecule has 0 saturated carbocycles. The SMILES string of the molecule is Cc1ncc(NCCC(=O)N2CCOCC2)nc1C. The van der Waals surface area contributed by atoms with Crippen LogP contribution in [0.5, 0.6) is 0 Å². The second-order valence-electron chi connectivity index (χ2n) is 4.60. The Labute approximate surface area is 113 Å². The lowest BCUT2D eigenvalue weighted by molar-refractivity contribution is -0.134. The number of hydrogen-bond donors (Lipinski definition) is 1. The number of ether oxygens (including phenoxy) is 1. The third kappa shape index (κ3) is 3.89. The summed E-state index contributed by atoms with van der Waals surface area (Å²) < 4.78 is 5.22. The molecule has 0 atom stereocenters. The van der Waals surface area contributed by atoms with Gasteiger partial charge in [-0.1, -0.05) is 0 Å². The summed E-state index contributed by atoms with van der Waals surface area (Å²) in [6.45, 7) is 7.10. The number of carbonyl (C=O) groups excluding carboxylic acids is 1. The Kier molecular flexibility index (Phi) is 4.68. The van der Waals surface area contributed by atoms with E-state index in [1.54, 1.807) is 6.20 Å². The first kappa shape index (κ1) is 13.7. The Balaban J connectivity index is 1.76. The van der Waals surface area contributed by atoms with Crippen molar-refractivity contribution in [3.63, 3.8) is 0 Å². The lowest BCUT2D eigenvalue weighted by atomic mass is 10.3. The summed E-state index contributed by atoms with van der Waals surface area (Å²) in [5.41, 5.74) is 1.83. The number of nitrogens with one attached hydrogen (secondary N) is 1. The number of morpholine rings is 1. The summed E-state index contributed by atoms with van der Waals surface area (Å²) >= 11 is 0. The molecule has 6 heteroatoms. The Bertz CT molecular complexity index is 444. The lowest BCUT2D eigenvalue weighted by Gasteiger charge is -2.26. The van der Waals surface area contributed by atoms with Crippen molar-refractivity contribution in [2.24, 2.45) is 0 Å². The van der Waals surface area contributed by atoms with Gasteiger partial charge in [0.1, 0.15) is 5.82 Å². The van der Waals surface area contributed by atoms with Gasteiger partial charge < -0.3 is 15.0 Å². The maximum absolute atomic E-state index is 11.9. The summed E-state index contributed by atoms with van der Waals surface area (Å²) in [7, 11) is 0. The van der Waals surface area contributed by atoms with E-state index < -0.39 is 0 Å². The fourth-order valence-electron chi connectivity index (χ4n) is 1.90. The molecule has 6 nitrogen and oxygen atoms in total. The van der Waals surface area contributed by atoms with E-state index in [1.165, 1.54) is 0 Å². The van der Waals surface area contributed by atoms with Gasteiger partial charge in [-0.05, 0) is 13.8 Å². The van der Waals surface area contributed by atoms with Gasteiger partial charge in [-0.15, -0.1) is 0 Å². The van der Waals surface area contributed by atoms with Crippen LogP contribution in [0.3, 0.4) is 0 Å². The highest BCUT2D eigenvalue weighted by Gasteiger charge is 2.16. The highest BCUT2D eigenvalue weighted by molar-refractivity contribution is 5.76. The molecule has 2 heterocycles. The second kappa shape index (κ2) is 6.47. The topological polar surface area (TPSA) is 67.4 Å². The van der Waals surface area contributed by atoms with Gasteiger partial charge in [0.05, 0.1) is 30.8 Å². The van der Waals surface area contributed by atoms with Gasteiger partial charge in [-0.3, -0.25) is 9.78 Å². The molecule has 1 fully saturated rings. The van der Waals surface area contributed by atoms with Crippen LogP contribution in [0.25, 0.3) is 0 Å². The number of amides is 1. The van der Waals surface area contributed by atoms with Crippen molar-refractivity contribution in [1.82, 2.24) is 14.9 Å². The molecular weight excluding hydrogens is 244 g/mol. The van der Waals surface area contributed by atoms with Crippen molar-refractivity contribution >= 4 is 11.7 Å². The summed E-state index contributed by atoms with van der Waals surface area (Å²) in [4.78, 5) is 22.3. The number of aryl methyl sites for hydroxylation is 2. The van der Waals surface area contributed by atoms with Gasteiger partial charge in [-0.25, -0.2) is 4.98 Å². The highest BCUT2D eigenvalue weighted by atomic mass is 16.5. The van der Waals surface area contributed by atoms with Crippen LogP contribution in [0.2, 0.25) is 0 Å². The van der Waals surface area contributed by atoms with Crippen LogP contribution in [0.4, 0.5) is 5.82 Å². The molecular formula is C13H20N4O2. The van der Waals surface area contributed by atoms with Crippen molar-refractivity contribution < 1.29 is 9.53 Å². The fourth-order valence-corrected chi connectivity index (χ4v) is 1.90. The molecule has 1 saturated heterocycles. The van der Waals surface area contributed by atoms with E-state index in [9.17, 15) is 4.79 Å². The fraction of sp³-hybridized carbons (Fsp3) is 0.615. The van der Waals surface area contributed by atoms with Gasteiger partial charge in [0.25, 0.3) is 0 Å². The zero-order valence-electron chi connectivity index (χ0n) is 11.5. The van der Waals surface area contributed by atoms with Gasteiger partial charge in [0, 0.05) is 26.1 Å². The molecule has 0 bridgehead atoms. The van der Waals surface area contributed by atoms with E-state index in [4.69, 9.17) is 4.74 Å². The van der Waals surface area contributed by atoms with E-state index in [0.717, 1.165) is 17.2 Å². The number of nitrogens with zero attached hydrogens (tertiary/aromatic N) is 3. The van der Waals surface area contributed by atoms with Crippen LogP contribution >= 0.6 is 0 Å². The first-order valence-electron chi connectivity index (χ1n) is 6.56. The Morgan fingerprint density at radius 3 is 2.79 bits per heavy atom. The summed E-state index contributed by atoms with van der Waals surface area (Å²) in [5.74, 6) is 0.880. The van der Waals surface area contributed by atoms with Crippen molar-refractivity contribution in [1.29, 1.82) is 0 Å². The summed E-state index contributed by atoms with van der Waals surface area (Å²) in [6.07, 6.45) is 2.16. The van der Waals surface area contributed by atoms with E-state index in [2.05, 4.69) is 15.3 Å². The summed E-state index contributed by atoms with van der Waals surface area (Å²) in [6, 6.07) is 0. The number of carbonyl (C=O) groups is 1. The predicted octanol–water partition coefficient (Wildman–Crippen LogP) is 0.754. The van der Waals surface area contributed by atoms with Crippen LogP contribution in [0, 0.1) is 13.8 Å². The molecule has 104 valence electrons. The van der Waals surface area contributed by atoms with Crippen molar-refractivity contribution in [2.75, 3.05) is 38.2 Å². The number of rotatable bonds is 4. The average Bonchev–Trinajstić information content (AvgIpc) is 2.43. The Morgan fingerprint density at radius 2 is 2.11 bits per heavy atom. The van der Waals surface area contributed by atoms with Gasteiger partial charge >= 0.3 is 0 Å². The molecule has 0 radical (unpaired) electrons. The maximum Gasteiger partial charge on any atom is 0.224 e. The summed E-state index contributed by atoms with van der Waals surface area (Å²) in [5, 5.41) is 3.13. The molecule has 1 aliphatic rings. The predicted molar refractivity (Wildman–Crippen MR) is 72.0 cm³/mol. The quantitative estimate of drug-likeness (QED) is 0.869. The van der Waals surface area contributed by atoms with Crippen LogP contribution < -0.4 is 5.32 Å². The standard InChI is InChI=1S/C13H20N4O2/c1-10-11(2)16-12(9-15-10)14-4-3-13(18)17-5-7-19-8-6-17/h9H,3-8H2,1-2H3,(H,14,16). The monoisotopic (exact) mass is 264 g/mol. The van der Waals surface area contributed by atoms with Gasteiger partial charge in [-0.2, -0.15) is 0 Å². The lowest BCUT2D eigenvalue weighted by Crippen LogP contribution is -2.41. The largest absolute Gasteiger partial charge is 0.378 e. The van der Waals surface area contributed by atoms with Crippen LogP contribution in [0.15, 0.2) is 6.20 Å². The van der Waals surface area contributed by atoms with E-state index in [1.807, 2.05) is 18.7 Å². The zero-order chi connectivity index (χ0) is 13.7. The smallest absolute Gasteiger partial charge is 0.224 e. The van der Waals surface area contributed by atoms with Crippen molar-refractivity contribution in [2.45, 2.75) is 20.3 Å².